The summed E-state index contributed by atoms with van der Waals surface area (Å²) >= 11 is 0. The van der Waals surface area contributed by atoms with Gasteiger partial charge in [0.1, 0.15) is 23.7 Å². The summed E-state index contributed by atoms with van der Waals surface area (Å²) in [5.74, 6) is -0.426. The van der Waals surface area contributed by atoms with Gasteiger partial charge < -0.3 is 9.72 Å². The molecule has 4 rings (SSSR count). The van der Waals surface area contributed by atoms with Crippen molar-refractivity contribution in [2.75, 3.05) is 6.54 Å². The molecule has 0 saturated heterocycles. The van der Waals surface area contributed by atoms with Crippen molar-refractivity contribution in [2.24, 2.45) is 4.99 Å². The zero-order chi connectivity index (χ0) is 22.7. The highest BCUT2D eigenvalue weighted by molar-refractivity contribution is 6.20. The quantitative estimate of drug-likeness (QED) is 0.469. The molecule has 0 bridgehead atoms. The minimum absolute atomic E-state index is 0.209. The lowest BCUT2D eigenvalue weighted by molar-refractivity contribution is -0.156. The third-order valence-electron chi connectivity index (χ3n) is 4.82. The monoisotopic (exact) mass is 427 g/mol. The van der Waals surface area contributed by atoms with Crippen molar-refractivity contribution in [3.05, 3.63) is 83.7 Å². The third kappa shape index (κ3) is 4.86. The molecule has 0 atom stereocenters. The highest BCUT2D eigenvalue weighted by atomic mass is 16.6. The van der Waals surface area contributed by atoms with Crippen LogP contribution < -0.4 is 0 Å². The highest BCUT2D eigenvalue weighted by Crippen LogP contribution is 2.24. The van der Waals surface area contributed by atoms with Gasteiger partial charge in [-0.25, -0.2) is 4.99 Å². The standard InChI is InChI=1S/C26H25N3O3/c1-26(2,3)32-24(30)17-29-23(14-13-18-9-5-4-6-10-18)28-22(25(29)31)15-19-16-27-21-12-8-7-11-20(19)21/h4-16,27H,17H2,1-3H3/b14-13+,22-15-. The van der Waals surface area contributed by atoms with E-state index in [0.29, 0.717) is 5.84 Å². The Hall–Kier alpha value is -3.93. The van der Waals surface area contributed by atoms with Gasteiger partial charge in [-0.05, 0) is 44.6 Å². The Bertz CT molecular complexity index is 1240. The number of hydrogen-bond acceptors (Lipinski definition) is 4. The molecule has 0 saturated carbocycles. The molecule has 162 valence electrons. The summed E-state index contributed by atoms with van der Waals surface area (Å²) in [5, 5.41) is 0.995. The first kappa shape index (κ1) is 21.3. The van der Waals surface area contributed by atoms with Gasteiger partial charge in [0, 0.05) is 22.7 Å². The lowest BCUT2D eigenvalue weighted by Gasteiger charge is -2.22. The third-order valence-corrected chi connectivity index (χ3v) is 4.82. The smallest absolute Gasteiger partial charge is 0.326 e. The summed E-state index contributed by atoms with van der Waals surface area (Å²) in [7, 11) is 0. The second-order valence-electron chi connectivity index (χ2n) is 8.51. The van der Waals surface area contributed by atoms with Gasteiger partial charge >= 0.3 is 5.97 Å². The van der Waals surface area contributed by atoms with Crippen LogP contribution in [0.15, 0.2) is 77.6 Å². The molecule has 0 aliphatic carbocycles. The second kappa shape index (κ2) is 8.67. The van der Waals surface area contributed by atoms with E-state index in [-0.39, 0.29) is 18.1 Å². The van der Waals surface area contributed by atoms with Crippen LogP contribution in [0.4, 0.5) is 0 Å². The normalized spacial score (nSPS) is 15.7. The first-order valence-corrected chi connectivity index (χ1v) is 10.4. The number of esters is 1. The van der Waals surface area contributed by atoms with E-state index < -0.39 is 11.6 Å². The lowest BCUT2D eigenvalue weighted by atomic mass is 10.1. The van der Waals surface area contributed by atoms with Crippen molar-refractivity contribution in [2.45, 2.75) is 26.4 Å². The van der Waals surface area contributed by atoms with Crippen LogP contribution in [0.5, 0.6) is 0 Å². The number of carbonyl (C=O) groups excluding carboxylic acids is 2. The number of ether oxygens (including phenoxy) is 1. The van der Waals surface area contributed by atoms with Gasteiger partial charge in [0.15, 0.2) is 0 Å². The molecule has 0 spiro atoms. The molecule has 32 heavy (non-hydrogen) atoms. The zero-order valence-electron chi connectivity index (χ0n) is 18.3. The number of fused-ring (bicyclic) bond motifs is 1. The summed E-state index contributed by atoms with van der Waals surface area (Å²) in [6.45, 7) is 5.18. The van der Waals surface area contributed by atoms with Gasteiger partial charge in [-0.2, -0.15) is 0 Å². The number of amides is 1. The van der Waals surface area contributed by atoms with E-state index in [0.717, 1.165) is 22.0 Å². The average Bonchev–Trinajstić information content (AvgIpc) is 3.28. The Morgan fingerprint density at radius 2 is 1.78 bits per heavy atom. The summed E-state index contributed by atoms with van der Waals surface area (Å²) in [6.07, 6.45) is 7.19. The predicted molar refractivity (Wildman–Crippen MR) is 127 cm³/mol. The fourth-order valence-electron chi connectivity index (χ4n) is 3.45. The lowest BCUT2D eigenvalue weighted by Crippen LogP contribution is -2.39. The van der Waals surface area contributed by atoms with Crippen molar-refractivity contribution in [3.63, 3.8) is 0 Å². The highest BCUT2D eigenvalue weighted by Gasteiger charge is 2.32. The van der Waals surface area contributed by atoms with Crippen LogP contribution in [-0.4, -0.2) is 39.7 Å². The van der Waals surface area contributed by atoms with E-state index in [1.165, 1.54) is 4.90 Å². The molecule has 2 heterocycles. The largest absolute Gasteiger partial charge is 0.459 e. The number of benzene rings is 2. The van der Waals surface area contributed by atoms with E-state index in [4.69, 9.17) is 4.74 Å². The predicted octanol–water partition coefficient (Wildman–Crippen LogP) is 4.80. The minimum atomic E-state index is -0.639. The molecular weight excluding hydrogens is 402 g/mol. The number of amidine groups is 1. The number of rotatable bonds is 5. The van der Waals surface area contributed by atoms with Gasteiger partial charge in [0.05, 0.1) is 0 Å². The zero-order valence-corrected chi connectivity index (χ0v) is 18.3. The molecule has 6 heteroatoms. The Kier molecular flexibility index (Phi) is 5.77. The number of para-hydroxylation sites is 1. The van der Waals surface area contributed by atoms with Crippen LogP contribution in [0, 0.1) is 0 Å². The summed E-state index contributed by atoms with van der Waals surface area (Å²) in [4.78, 5) is 34.7. The number of nitrogens with zero attached hydrogens (tertiary/aromatic N) is 2. The molecule has 0 fully saturated rings. The van der Waals surface area contributed by atoms with Crippen LogP contribution in [0.25, 0.3) is 23.1 Å². The molecule has 1 aromatic heterocycles. The van der Waals surface area contributed by atoms with Gasteiger partial charge in [0.25, 0.3) is 5.91 Å². The molecule has 2 aromatic carbocycles. The number of hydrogen-bond donors (Lipinski definition) is 1. The number of nitrogens with one attached hydrogen (secondary N) is 1. The van der Waals surface area contributed by atoms with Crippen molar-refractivity contribution in [1.29, 1.82) is 0 Å². The topological polar surface area (TPSA) is 74.8 Å². The number of aromatic nitrogens is 1. The Morgan fingerprint density at radius 3 is 2.53 bits per heavy atom. The van der Waals surface area contributed by atoms with Crippen molar-refractivity contribution in [1.82, 2.24) is 9.88 Å². The van der Waals surface area contributed by atoms with Gasteiger partial charge in [-0.3, -0.25) is 14.5 Å². The molecule has 1 amide bonds. The number of aromatic amines is 1. The van der Waals surface area contributed by atoms with Crippen LogP contribution >= 0.6 is 0 Å². The van der Waals surface area contributed by atoms with Crippen molar-refractivity contribution >= 4 is 40.8 Å². The van der Waals surface area contributed by atoms with E-state index in [9.17, 15) is 9.59 Å². The number of H-pyrrole nitrogens is 1. The number of aliphatic imine (C=N–C) groups is 1. The van der Waals surface area contributed by atoms with Crippen LogP contribution in [-0.2, 0) is 14.3 Å². The molecule has 6 nitrogen and oxygen atoms in total. The Labute approximate surface area is 186 Å². The van der Waals surface area contributed by atoms with Crippen LogP contribution in [0.2, 0.25) is 0 Å². The van der Waals surface area contributed by atoms with Crippen molar-refractivity contribution < 1.29 is 14.3 Å². The van der Waals surface area contributed by atoms with Gasteiger partial charge in [-0.15, -0.1) is 0 Å². The molecule has 0 unspecified atom stereocenters. The maximum atomic E-state index is 13.2. The molecule has 1 N–H and O–H groups in total. The molecular formula is C26H25N3O3. The van der Waals surface area contributed by atoms with E-state index >= 15 is 0 Å². The first-order chi connectivity index (χ1) is 15.3. The SMILES string of the molecule is CC(C)(C)OC(=O)CN1C(=O)/C(=C/c2c[nH]c3ccccc23)N=C1/C=C/c1ccccc1. The van der Waals surface area contributed by atoms with Crippen LogP contribution in [0.1, 0.15) is 31.9 Å². The molecule has 3 aromatic rings. The number of carbonyl (C=O) groups is 2. The molecule has 0 radical (unpaired) electrons. The van der Waals surface area contributed by atoms with E-state index in [1.807, 2.05) is 66.9 Å². The Morgan fingerprint density at radius 1 is 1.06 bits per heavy atom. The summed E-state index contributed by atoms with van der Waals surface area (Å²) in [5.41, 5.74) is 2.43. The maximum Gasteiger partial charge on any atom is 0.326 e. The maximum absolute atomic E-state index is 13.2. The van der Waals surface area contributed by atoms with Gasteiger partial charge in [0.2, 0.25) is 0 Å². The van der Waals surface area contributed by atoms with E-state index in [1.54, 1.807) is 32.9 Å². The summed E-state index contributed by atoms with van der Waals surface area (Å²) < 4.78 is 5.42. The molecule has 1 aliphatic heterocycles. The average molecular weight is 428 g/mol. The Balaban J connectivity index is 1.67. The minimum Gasteiger partial charge on any atom is -0.459 e. The second-order valence-corrected chi connectivity index (χ2v) is 8.51. The van der Waals surface area contributed by atoms with E-state index in [2.05, 4.69) is 9.98 Å². The summed E-state index contributed by atoms with van der Waals surface area (Å²) in [6, 6.07) is 17.6. The van der Waals surface area contributed by atoms with Gasteiger partial charge in [-0.1, -0.05) is 54.6 Å². The van der Waals surface area contributed by atoms with Crippen molar-refractivity contribution in [3.8, 4) is 0 Å². The fraction of sp³-hybridized carbons (Fsp3) is 0.192. The first-order valence-electron chi connectivity index (χ1n) is 10.4. The van der Waals surface area contributed by atoms with Crippen LogP contribution in [0.3, 0.4) is 0 Å². The fourth-order valence-corrected chi connectivity index (χ4v) is 3.45. The molecule has 1 aliphatic rings.